The Morgan fingerprint density at radius 2 is 2.06 bits per heavy atom. The average molecular weight is 242 g/mol. The highest BCUT2D eigenvalue weighted by atomic mass is 32.1. The fourth-order valence-corrected chi connectivity index (χ4v) is 2.42. The lowest BCUT2D eigenvalue weighted by Crippen LogP contribution is -2.05. The Bertz CT molecular complexity index is 581. The third-order valence-electron chi connectivity index (χ3n) is 2.20. The molecule has 1 aromatic heterocycles. The molecule has 0 saturated heterocycles. The Morgan fingerprint density at radius 3 is 2.65 bits per heavy atom. The molecule has 0 radical (unpaired) electrons. The van der Waals surface area contributed by atoms with Crippen molar-refractivity contribution < 1.29 is 4.79 Å². The highest BCUT2D eigenvalue weighted by molar-refractivity contribution is 7.16. The molecule has 1 aromatic carbocycles. The molecule has 84 valence electrons. The minimum Gasteiger partial charge on any atom is -0.324 e. The van der Waals surface area contributed by atoms with Gasteiger partial charge in [0.05, 0.1) is 5.69 Å². The van der Waals surface area contributed by atoms with Crippen molar-refractivity contribution in [3.63, 3.8) is 0 Å². The Morgan fingerprint density at radius 1 is 1.35 bits per heavy atom. The molecule has 0 aliphatic rings. The van der Waals surface area contributed by atoms with Gasteiger partial charge in [-0.2, -0.15) is 5.26 Å². The molecule has 0 fully saturated rings. The van der Waals surface area contributed by atoms with Crippen molar-refractivity contribution in [2.75, 3.05) is 5.32 Å². The first-order valence-corrected chi connectivity index (χ1v) is 5.89. The van der Waals surface area contributed by atoms with Crippen LogP contribution in [-0.2, 0) is 4.79 Å². The van der Waals surface area contributed by atoms with Crippen LogP contribution in [0.5, 0.6) is 0 Å². The maximum Gasteiger partial charge on any atom is 0.221 e. The van der Waals surface area contributed by atoms with Crippen molar-refractivity contribution in [2.24, 2.45) is 0 Å². The second kappa shape index (κ2) is 4.81. The Balaban J connectivity index is 2.42. The van der Waals surface area contributed by atoms with E-state index < -0.39 is 0 Å². The van der Waals surface area contributed by atoms with Crippen LogP contribution in [0.25, 0.3) is 10.4 Å². The van der Waals surface area contributed by atoms with Gasteiger partial charge in [-0.15, -0.1) is 11.3 Å². The third-order valence-corrected chi connectivity index (χ3v) is 3.29. The number of nitrogens with one attached hydrogen (secondary N) is 1. The normalized spacial score (nSPS) is 9.65. The minimum absolute atomic E-state index is 0.168. The number of rotatable bonds is 2. The van der Waals surface area contributed by atoms with Crippen LogP contribution in [0.4, 0.5) is 5.69 Å². The summed E-state index contributed by atoms with van der Waals surface area (Å²) in [6.07, 6.45) is 0. The molecule has 1 amide bonds. The molecule has 3 nitrogen and oxygen atoms in total. The van der Waals surface area contributed by atoms with Gasteiger partial charge in [-0.1, -0.05) is 30.3 Å². The van der Waals surface area contributed by atoms with E-state index in [9.17, 15) is 4.79 Å². The summed E-state index contributed by atoms with van der Waals surface area (Å²) >= 11 is 1.38. The summed E-state index contributed by atoms with van der Waals surface area (Å²) in [5.74, 6) is -0.168. The van der Waals surface area contributed by atoms with Crippen molar-refractivity contribution in [1.82, 2.24) is 0 Å². The first kappa shape index (κ1) is 11.4. The topological polar surface area (TPSA) is 52.9 Å². The monoisotopic (exact) mass is 242 g/mol. The van der Waals surface area contributed by atoms with Crippen LogP contribution in [0, 0.1) is 11.3 Å². The molecule has 17 heavy (non-hydrogen) atoms. The van der Waals surface area contributed by atoms with Crippen LogP contribution in [0.15, 0.2) is 36.4 Å². The maximum absolute atomic E-state index is 11.0. The van der Waals surface area contributed by atoms with Gasteiger partial charge in [-0.25, -0.2) is 0 Å². The Kier molecular flexibility index (Phi) is 3.22. The van der Waals surface area contributed by atoms with Crippen LogP contribution in [0.1, 0.15) is 11.8 Å². The molecule has 0 unspecified atom stereocenters. The molecule has 2 rings (SSSR count). The molecule has 0 spiro atoms. The van der Waals surface area contributed by atoms with Crippen molar-refractivity contribution in [3.8, 4) is 16.5 Å². The van der Waals surface area contributed by atoms with Crippen molar-refractivity contribution in [2.45, 2.75) is 6.92 Å². The molecular weight excluding hydrogens is 232 g/mol. The van der Waals surface area contributed by atoms with Crippen molar-refractivity contribution in [3.05, 3.63) is 41.3 Å². The van der Waals surface area contributed by atoms with Gasteiger partial charge in [-0.3, -0.25) is 4.79 Å². The van der Waals surface area contributed by atoms with E-state index in [0.29, 0.717) is 10.6 Å². The second-order valence-corrected chi connectivity index (χ2v) is 4.56. The molecule has 0 saturated carbocycles. The van der Waals surface area contributed by atoms with E-state index in [4.69, 9.17) is 5.26 Å². The first-order chi connectivity index (χ1) is 8.20. The summed E-state index contributed by atoms with van der Waals surface area (Å²) in [5, 5.41) is 11.7. The second-order valence-electron chi connectivity index (χ2n) is 3.51. The fraction of sp³-hybridized carbons (Fsp3) is 0.0769. The number of carbonyl (C=O) groups is 1. The van der Waals surface area contributed by atoms with Gasteiger partial charge >= 0.3 is 0 Å². The van der Waals surface area contributed by atoms with E-state index in [1.54, 1.807) is 0 Å². The van der Waals surface area contributed by atoms with Crippen LogP contribution < -0.4 is 5.32 Å². The Hall–Kier alpha value is -2.12. The predicted octanol–water partition coefficient (Wildman–Crippen LogP) is 3.25. The summed E-state index contributed by atoms with van der Waals surface area (Å²) in [7, 11) is 0. The average Bonchev–Trinajstić information content (AvgIpc) is 2.72. The molecule has 0 aliphatic carbocycles. The number of thiophene rings is 1. The summed E-state index contributed by atoms with van der Waals surface area (Å²) in [5.41, 5.74) is 1.63. The van der Waals surface area contributed by atoms with Gasteiger partial charge in [0.15, 0.2) is 0 Å². The zero-order chi connectivity index (χ0) is 12.3. The standard InChI is InChI=1S/C13H10N2OS/c1-9(16)15-11-7-12(17-13(11)8-14)10-5-3-2-4-6-10/h2-7H,1H3,(H,15,16). The summed E-state index contributed by atoms with van der Waals surface area (Å²) in [4.78, 5) is 12.5. The number of hydrogen-bond acceptors (Lipinski definition) is 3. The lowest BCUT2D eigenvalue weighted by molar-refractivity contribution is -0.114. The fourth-order valence-electron chi connectivity index (χ4n) is 1.50. The zero-order valence-corrected chi connectivity index (χ0v) is 10.0. The molecule has 0 atom stereocenters. The van der Waals surface area contributed by atoms with Gasteiger partial charge in [-0.05, 0) is 11.6 Å². The van der Waals surface area contributed by atoms with Crippen molar-refractivity contribution in [1.29, 1.82) is 5.26 Å². The molecule has 0 aliphatic heterocycles. The van der Waals surface area contributed by atoms with E-state index in [0.717, 1.165) is 10.4 Å². The van der Waals surface area contributed by atoms with E-state index in [-0.39, 0.29) is 5.91 Å². The largest absolute Gasteiger partial charge is 0.324 e. The van der Waals surface area contributed by atoms with Gasteiger partial charge in [0.25, 0.3) is 0 Å². The molecule has 4 heteroatoms. The number of carbonyl (C=O) groups excluding carboxylic acids is 1. The minimum atomic E-state index is -0.168. The predicted molar refractivity (Wildman–Crippen MR) is 68.8 cm³/mol. The molecule has 1 N–H and O–H groups in total. The SMILES string of the molecule is CC(=O)Nc1cc(-c2ccccc2)sc1C#N. The molecule has 1 heterocycles. The zero-order valence-electron chi connectivity index (χ0n) is 9.23. The third kappa shape index (κ3) is 2.52. The Labute approximate surface area is 103 Å². The van der Waals surface area contributed by atoms with Gasteiger partial charge in [0.2, 0.25) is 5.91 Å². The van der Waals surface area contributed by atoms with Gasteiger partial charge < -0.3 is 5.32 Å². The van der Waals surface area contributed by atoms with Crippen molar-refractivity contribution >= 4 is 22.9 Å². The maximum atomic E-state index is 11.0. The van der Waals surface area contributed by atoms with Crippen LogP contribution >= 0.6 is 11.3 Å². The highest BCUT2D eigenvalue weighted by Gasteiger charge is 2.10. The number of nitrogens with zero attached hydrogens (tertiary/aromatic N) is 1. The smallest absolute Gasteiger partial charge is 0.221 e. The molecule has 2 aromatic rings. The number of nitriles is 1. The van der Waals surface area contributed by atoms with Crippen LogP contribution in [-0.4, -0.2) is 5.91 Å². The lowest BCUT2D eigenvalue weighted by Gasteiger charge is -1.97. The summed E-state index contributed by atoms with van der Waals surface area (Å²) in [6, 6.07) is 13.7. The lowest BCUT2D eigenvalue weighted by atomic mass is 10.2. The summed E-state index contributed by atoms with van der Waals surface area (Å²) in [6.45, 7) is 1.43. The number of anilines is 1. The van der Waals surface area contributed by atoms with Crippen LogP contribution in [0.2, 0.25) is 0 Å². The molecular formula is C13H10N2OS. The van der Waals surface area contributed by atoms with E-state index in [2.05, 4.69) is 11.4 Å². The van der Waals surface area contributed by atoms with Crippen LogP contribution in [0.3, 0.4) is 0 Å². The van der Waals surface area contributed by atoms with Gasteiger partial charge in [0, 0.05) is 11.8 Å². The van der Waals surface area contributed by atoms with E-state index in [1.807, 2.05) is 36.4 Å². The number of benzene rings is 1. The first-order valence-electron chi connectivity index (χ1n) is 5.07. The number of amides is 1. The van der Waals surface area contributed by atoms with E-state index in [1.165, 1.54) is 18.3 Å². The highest BCUT2D eigenvalue weighted by Crippen LogP contribution is 2.34. The van der Waals surface area contributed by atoms with E-state index >= 15 is 0 Å². The number of hydrogen-bond donors (Lipinski definition) is 1. The quantitative estimate of drug-likeness (QED) is 0.878. The summed E-state index contributed by atoms with van der Waals surface area (Å²) < 4.78 is 0. The molecule has 0 bridgehead atoms. The van der Waals surface area contributed by atoms with Gasteiger partial charge in [0.1, 0.15) is 10.9 Å².